The Kier molecular flexibility index (Phi) is 2.88. The number of carbonyl (C=O) groups excluding carboxylic acids is 1. The van der Waals surface area contributed by atoms with Gasteiger partial charge in [0.05, 0.1) is 7.11 Å². The molecule has 82 valence electrons. The highest BCUT2D eigenvalue weighted by atomic mass is 16.5. The molecule has 0 atom stereocenters. The van der Waals surface area contributed by atoms with E-state index in [-0.39, 0.29) is 0 Å². The third-order valence-corrected chi connectivity index (χ3v) is 1.80. The van der Waals surface area contributed by atoms with Crippen LogP contribution in [-0.4, -0.2) is 27.2 Å². The fourth-order valence-corrected chi connectivity index (χ4v) is 0.931. The molecule has 1 N–H and O–H groups in total. The highest BCUT2D eigenvalue weighted by Gasteiger charge is 2.10. The molecule has 0 spiro atoms. The summed E-state index contributed by atoms with van der Waals surface area (Å²) in [5, 5.41) is 0. The van der Waals surface area contributed by atoms with Gasteiger partial charge in [0.15, 0.2) is 0 Å². The van der Waals surface area contributed by atoms with Gasteiger partial charge in [-0.2, -0.15) is 0 Å². The molecular weight excluding hydrogens is 206 g/mol. The van der Waals surface area contributed by atoms with Gasteiger partial charge in [-0.05, 0) is 0 Å². The maximum atomic E-state index is 11.4. The smallest absolute Gasteiger partial charge is 0.336 e. The molecule has 1 rings (SSSR count). The van der Waals surface area contributed by atoms with Gasteiger partial charge in [-0.15, -0.1) is 0 Å². The molecule has 0 radical (unpaired) electrons. The molecule has 1 aromatic heterocycles. The van der Waals surface area contributed by atoms with Crippen LogP contribution in [-0.2, 0) is 23.1 Å². The first-order valence-electron chi connectivity index (χ1n) is 3.94. The van der Waals surface area contributed by atoms with Gasteiger partial charge in [0.2, 0.25) is 0 Å². The Balaban J connectivity index is 3.38. The Hall–Kier alpha value is -2.12. The van der Waals surface area contributed by atoms with Crippen LogP contribution < -0.4 is 17.1 Å². The molecule has 0 aliphatic heterocycles. The minimum absolute atomic E-state index is 0.529. The SMILES string of the molecule is COC(=O)Cn1c(=O)[nH]c(=O)n(C)c1=O. The van der Waals surface area contributed by atoms with E-state index < -0.39 is 29.6 Å². The number of aromatic nitrogens is 3. The number of nitrogens with zero attached hydrogens (tertiary/aromatic N) is 2. The summed E-state index contributed by atoms with van der Waals surface area (Å²) in [6, 6.07) is 0. The van der Waals surface area contributed by atoms with E-state index in [1.54, 1.807) is 0 Å². The number of aromatic amines is 1. The minimum Gasteiger partial charge on any atom is -0.468 e. The molecule has 8 nitrogen and oxygen atoms in total. The van der Waals surface area contributed by atoms with E-state index in [4.69, 9.17) is 0 Å². The lowest BCUT2D eigenvalue weighted by Gasteiger charge is -2.03. The van der Waals surface area contributed by atoms with E-state index in [9.17, 15) is 19.2 Å². The van der Waals surface area contributed by atoms with Gasteiger partial charge in [-0.25, -0.2) is 23.5 Å². The summed E-state index contributed by atoms with van der Waals surface area (Å²) >= 11 is 0. The van der Waals surface area contributed by atoms with Crippen LogP contribution in [0.3, 0.4) is 0 Å². The van der Waals surface area contributed by atoms with Gasteiger partial charge in [0, 0.05) is 7.05 Å². The van der Waals surface area contributed by atoms with Crippen molar-refractivity contribution in [2.75, 3.05) is 7.11 Å². The number of H-pyrrole nitrogens is 1. The van der Waals surface area contributed by atoms with Crippen LogP contribution in [0, 0.1) is 0 Å². The van der Waals surface area contributed by atoms with Crippen LogP contribution in [0.5, 0.6) is 0 Å². The van der Waals surface area contributed by atoms with Crippen molar-refractivity contribution in [3.63, 3.8) is 0 Å². The predicted molar refractivity (Wildman–Crippen MR) is 48.6 cm³/mol. The molecule has 0 fully saturated rings. The van der Waals surface area contributed by atoms with Crippen molar-refractivity contribution in [2.45, 2.75) is 6.54 Å². The fourth-order valence-electron chi connectivity index (χ4n) is 0.931. The Morgan fingerprint density at radius 3 is 2.47 bits per heavy atom. The Bertz CT molecular complexity index is 549. The number of rotatable bonds is 2. The third-order valence-electron chi connectivity index (χ3n) is 1.80. The van der Waals surface area contributed by atoms with Gasteiger partial charge in [-0.3, -0.25) is 9.78 Å². The van der Waals surface area contributed by atoms with Gasteiger partial charge >= 0.3 is 23.0 Å². The van der Waals surface area contributed by atoms with Gasteiger partial charge in [0.1, 0.15) is 6.54 Å². The van der Waals surface area contributed by atoms with Crippen molar-refractivity contribution in [3.05, 3.63) is 31.5 Å². The van der Waals surface area contributed by atoms with Crippen LogP contribution in [0.2, 0.25) is 0 Å². The summed E-state index contributed by atoms with van der Waals surface area (Å²) in [6.45, 7) is -0.529. The van der Waals surface area contributed by atoms with Crippen LogP contribution in [0.25, 0.3) is 0 Å². The molecular formula is C7H9N3O5. The molecule has 1 aromatic rings. The predicted octanol–water partition coefficient (Wildman–Crippen LogP) is -2.59. The summed E-state index contributed by atoms with van der Waals surface area (Å²) in [7, 11) is 2.32. The average molecular weight is 215 g/mol. The minimum atomic E-state index is -0.937. The summed E-state index contributed by atoms with van der Waals surface area (Å²) < 4.78 is 5.56. The van der Waals surface area contributed by atoms with Crippen LogP contribution in [0.4, 0.5) is 0 Å². The first-order chi connectivity index (χ1) is 6.97. The Morgan fingerprint density at radius 2 is 1.93 bits per heavy atom. The molecule has 0 aromatic carbocycles. The van der Waals surface area contributed by atoms with E-state index in [0.29, 0.717) is 9.13 Å². The lowest BCUT2D eigenvalue weighted by Crippen LogP contribution is -2.49. The summed E-state index contributed by atoms with van der Waals surface area (Å²) in [5.74, 6) is -0.749. The first kappa shape index (κ1) is 11.0. The number of carbonyl (C=O) groups is 1. The molecule has 0 saturated carbocycles. The molecule has 0 bridgehead atoms. The van der Waals surface area contributed by atoms with Gasteiger partial charge < -0.3 is 4.74 Å². The number of hydrogen-bond donors (Lipinski definition) is 1. The Labute approximate surface area is 82.7 Å². The number of esters is 1. The quantitative estimate of drug-likeness (QED) is 0.545. The van der Waals surface area contributed by atoms with Crippen molar-refractivity contribution in [3.8, 4) is 0 Å². The number of methoxy groups -OCH3 is 1. The monoisotopic (exact) mass is 215 g/mol. The summed E-state index contributed by atoms with van der Waals surface area (Å²) in [6.07, 6.45) is 0. The van der Waals surface area contributed by atoms with Crippen LogP contribution in [0.1, 0.15) is 0 Å². The zero-order valence-corrected chi connectivity index (χ0v) is 8.14. The van der Waals surface area contributed by atoms with Crippen LogP contribution in [0.15, 0.2) is 14.4 Å². The zero-order chi connectivity index (χ0) is 11.6. The molecule has 0 amide bonds. The van der Waals surface area contributed by atoms with Gasteiger partial charge in [0.25, 0.3) is 0 Å². The average Bonchev–Trinajstić information content (AvgIpc) is 2.21. The maximum Gasteiger partial charge on any atom is 0.336 e. The topological polar surface area (TPSA) is 103 Å². The third kappa shape index (κ3) is 2.03. The normalized spacial score (nSPS) is 10.0. The van der Waals surface area contributed by atoms with Crippen molar-refractivity contribution in [1.29, 1.82) is 0 Å². The van der Waals surface area contributed by atoms with E-state index in [1.165, 1.54) is 7.05 Å². The van der Waals surface area contributed by atoms with E-state index in [2.05, 4.69) is 4.74 Å². The highest BCUT2D eigenvalue weighted by Crippen LogP contribution is 1.75. The number of nitrogens with one attached hydrogen (secondary N) is 1. The van der Waals surface area contributed by atoms with Crippen molar-refractivity contribution < 1.29 is 9.53 Å². The summed E-state index contributed by atoms with van der Waals surface area (Å²) in [5.41, 5.74) is -2.63. The molecule has 0 unspecified atom stereocenters. The van der Waals surface area contributed by atoms with E-state index in [0.717, 1.165) is 7.11 Å². The van der Waals surface area contributed by atoms with E-state index in [1.807, 2.05) is 4.98 Å². The largest absolute Gasteiger partial charge is 0.468 e. The molecule has 0 aliphatic carbocycles. The lowest BCUT2D eigenvalue weighted by molar-refractivity contribution is -0.141. The second-order valence-corrected chi connectivity index (χ2v) is 2.74. The highest BCUT2D eigenvalue weighted by molar-refractivity contribution is 5.68. The van der Waals surface area contributed by atoms with Crippen LogP contribution >= 0.6 is 0 Å². The standard InChI is InChI=1S/C7H9N3O5/c1-9-5(12)8-6(13)10(7(9)14)3-4(11)15-2/h3H2,1-2H3,(H,8,12,13). The zero-order valence-electron chi connectivity index (χ0n) is 8.14. The second-order valence-electron chi connectivity index (χ2n) is 2.74. The van der Waals surface area contributed by atoms with Gasteiger partial charge in [-0.1, -0.05) is 0 Å². The maximum absolute atomic E-state index is 11.4. The van der Waals surface area contributed by atoms with Crippen molar-refractivity contribution in [1.82, 2.24) is 14.1 Å². The lowest BCUT2D eigenvalue weighted by atomic mass is 10.6. The summed E-state index contributed by atoms with van der Waals surface area (Å²) in [4.78, 5) is 46.2. The molecule has 0 aliphatic rings. The molecule has 1 heterocycles. The fraction of sp³-hybridized carbons (Fsp3) is 0.429. The number of ether oxygens (including phenoxy) is 1. The molecule has 8 heteroatoms. The molecule has 0 saturated heterocycles. The Morgan fingerprint density at radius 1 is 1.33 bits per heavy atom. The molecule has 15 heavy (non-hydrogen) atoms. The van der Waals surface area contributed by atoms with E-state index >= 15 is 0 Å². The van der Waals surface area contributed by atoms with Crippen molar-refractivity contribution in [2.24, 2.45) is 7.05 Å². The first-order valence-corrected chi connectivity index (χ1v) is 3.94. The second kappa shape index (κ2) is 3.95. The number of hydrogen-bond acceptors (Lipinski definition) is 5. The van der Waals surface area contributed by atoms with Crippen molar-refractivity contribution >= 4 is 5.97 Å².